The second-order valence-corrected chi connectivity index (χ2v) is 5.83. The normalized spacial score (nSPS) is 10.7. The minimum absolute atomic E-state index is 0.110. The first-order valence-electron chi connectivity index (χ1n) is 7.94. The molecule has 0 saturated heterocycles. The number of pyridine rings is 1. The van der Waals surface area contributed by atoms with Crippen molar-refractivity contribution in [2.75, 3.05) is 21.3 Å². The van der Waals surface area contributed by atoms with Gasteiger partial charge in [0, 0.05) is 30.9 Å². The summed E-state index contributed by atoms with van der Waals surface area (Å²) in [6.07, 6.45) is 2.65. The maximum absolute atomic E-state index is 12.0. The Hall–Kier alpha value is -2.95. The summed E-state index contributed by atoms with van der Waals surface area (Å²) in [5.41, 5.74) is 3.96. The van der Waals surface area contributed by atoms with Crippen LogP contribution in [0, 0.1) is 0 Å². The number of ether oxygens (including phenoxy) is 3. The second kappa shape index (κ2) is 6.89. The first-order valence-corrected chi connectivity index (χ1v) is 7.94. The summed E-state index contributed by atoms with van der Waals surface area (Å²) in [6, 6.07) is 11.3. The second-order valence-electron chi connectivity index (χ2n) is 5.83. The summed E-state index contributed by atoms with van der Waals surface area (Å²) in [7, 11) is 6.75. The van der Waals surface area contributed by atoms with E-state index in [1.807, 2.05) is 43.6 Å². The van der Waals surface area contributed by atoms with E-state index >= 15 is 0 Å². The molecular weight excluding hydrogens is 318 g/mol. The van der Waals surface area contributed by atoms with E-state index in [0.29, 0.717) is 23.7 Å². The standard InChI is InChI=1S/C20H21NO4/c1-21-8-7-14-11-17(22)19(24-3)12-15(14)16(21)9-13-5-6-18(23-2)20(10-13)25-4/h5-8,10-12H,9H2,1-4H3. The number of hydrogen-bond donors (Lipinski definition) is 0. The highest BCUT2D eigenvalue weighted by molar-refractivity contribution is 5.70. The minimum Gasteiger partial charge on any atom is -0.493 e. The predicted molar refractivity (Wildman–Crippen MR) is 97.2 cm³/mol. The molecular formula is C20H21NO4. The van der Waals surface area contributed by atoms with E-state index in [9.17, 15) is 4.79 Å². The van der Waals surface area contributed by atoms with Gasteiger partial charge in [-0.1, -0.05) is 6.07 Å². The average molecular weight is 339 g/mol. The Morgan fingerprint density at radius 3 is 2.28 bits per heavy atom. The van der Waals surface area contributed by atoms with Gasteiger partial charge in [0.1, 0.15) is 0 Å². The van der Waals surface area contributed by atoms with Crippen molar-refractivity contribution < 1.29 is 14.2 Å². The molecule has 1 aliphatic heterocycles. The number of aromatic nitrogens is 1. The first kappa shape index (κ1) is 16.9. The Balaban J connectivity index is 2.10. The van der Waals surface area contributed by atoms with Crippen molar-refractivity contribution in [3.05, 3.63) is 64.1 Å². The van der Waals surface area contributed by atoms with Crippen LogP contribution in [0.1, 0.15) is 11.3 Å². The zero-order valence-electron chi connectivity index (χ0n) is 14.8. The summed E-state index contributed by atoms with van der Waals surface area (Å²) >= 11 is 0. The van der Waals surface area contributed by atoms with E-state index in [1.54, 1.807) is 20.3 Å². The van der Waals surface area contributed by atoms with Crippen LogP contribution in [0.5, 0.6) is 17.2 Å². The van der Waals surface area contributed by atoms with Crippen LogP contribution in [-0.2, 0) is 13.5 Å². The molecule has 0 N–H and O–H groups in total. The lowest BCUT2D eigenvalue weighted by molar-refractivity contribution is 0.354. The third-order valence-electron chi connectivity index (χ3n) is 4.37. The number of rotatable bonds is 5. The molecule has 0 spiro atoms. The lowest BCUT2D eigenvalue weighted by atomic mass is 9.97. The van der Waals surface area contributed by atoms with E-state index in [2.05, 4.69) is 4.57 Å². The van der Waals surface area contributed by atoms with E-state index < -0.39 is 0 Å². The van der Waals surface area contributed by atoms with Crippen LogP contribution in [0.4, 0.5) is 0 Å². The first-order chi connectivity index (χ1) is 12.1. The summed E-state index contributed by atoms with van der Waals surface area (Å²) in [5, 5.41) is 0. The SMILES string of the molecule is COc1ccc(Cc2c3cc(OC)c(=O)cc-3ccn2C)cc1OC. The molecule has 2 aliphatic rings. The molecule has 1 aromatic carbocycles. The van der Waals surface area contributed by atoms with E-state index in [-0.39, 0.29) is 5.43 Å². The number of hydrogen-bond acceptors (Lipinski definition) is 4. The van der Waals surface area contributed by atoms with Crippen molar-refractivity contribution in [1.29, 1.82) is 0 Å². The zero-order chi connectivity index (χ0) is 18.0. The Kier molecular flexibility index (Phi) is 4.65. The van der Waals surface area contributed by atoms with Gasteiger partial charge >= 0.3 is 0 Å². The maximum Gasteiger partial charge on any atom is 0.220 e. The summed E-state index contributed by atoms with van der Waals surface area (Å²) < 4.78 is 18.0. The van der Waals surface area contributed by atoms with Crippen LogP contribution < -0.4 is 19.6 Å². The van der Waals surface area contributed by atoms with Gasteiger partial charge < -0.3 is 18.8 Å². The summed E-state index contributed by atoms with van der Waals surface area (Å²) in [4.78, 5) is 12.0. The van der Waals surface area contributed by atoms with Gasteiger partial charge in [-0.25, -0.2) is 0 Å². The highest BCUT2D eigenvalue weighted by atomic mass is 16.5. The smallest absolute Gasteiger partial charge is 0.220 e. The molecule has 130 valence electrons. The van der Waals surface area contributed by atoms with Crippen molar-refractivity contribution in [1.82, 2.24) is 4.57 Å². The van der Waals surface area contributed by atoms with Crippen LogP contribution in [0.25, 0.3) is 11.1 Å². The molecule has 0 saturated carbocycles. The van der Waals surface area contributed by atoms with E-state index in [4.69, 9.17) is 14.2 Å². The zero-order valence-corrected chi connectivity index (χ0v) is 14.8. The Morgan fingerprint density at radius 2 is 1.60 bits per heavy atom. The molecule has 25 heavy (non-hydrogen) atoms. The van der Waals surface area contributed by atoms with Gasteiger partial charge in [0.05, 0.1) is 21.3 Å². The molecule has 1 aromatic rings. The van der Waals surface area contributed by atoms with Crippen molar-refractivity contribution in [2.24, 2.45) is 7.05 Å². The molecule has 0 amide bonds. The van der Waals surface area contributed by atoms with Gasteiger partial charge in [-0.05, 0) is 41.5 Å². The van der Waals surface area contributed by atoms with Crippen molar-refractivity contribution >= 4 is 0 Å². The largest absolute Gasteiger partial charge is 0.493 e. The quantitative estimate of drug-likeness (QED) is 0.717. The minimum atomic E-state index is -0.110. The van der Waals surface area contributed by atoms with Gasteiger partial charge in [-0.2, -0.15) is 0 Å². The Morgan fingerprint density at radius 1 is 0.880 bits per heavy atom. The molecule has 0 atom stereocenters. The highest BCUT2D eigenvalue weighted by Gasteiger charge is 2.15. The average Bonchev–Trinajstić information content (AvgIpc) is 2.63. The fraction of sp³-hybridized carbons (Fsp3) is 0.250. The molecule has 3 rings (SSSR count). The molecule has 0 unspecified atom stereocenters. The van der Waals surface area contributed by atoms with Crippen molar-refractivity contribution in [3.8, 4) is 28.4 Å². The van der Waals surface area contributed by atoms with E-state index in [1.165, 1.54) is 7.11 Å². The molecule has 0 radical (unpaired) electrons. The summed E-state index contributed by atoms with van der Waals surface area (Å²) in [5.74, 6) is 1.75. The third-order valence-corrected chi connectivity index (χ3v) is 4.37. The number of benzene rings is 2. The molecule has 5 heteroatoms. The molecule has 0 bridgehead atoms. The lowest BCUT2D eigenvalue weighted by Gasteiger charge is -2.18. The summed E-state index contributed by atoms with van der Waals surface area (Å²) in [6.45, 7) is 0. The number of methoxy groups -OCH3 is 3. The molecule has 1 heterocycles. The highest BCUT2D eigenvalue weighted by Crippen LogP contribution is 2.32. The van der Waals surface area contributed by atoms with Gasteiger partial charge in [0.2, 0.25) is 5.43 Å². The number of nitrogens with zero attached hydrogens (tertiary/aromatic N) is 1. The fourth-order valence-electron chi connectivity index (χ4n) is 3.00. The molecule has 5 nitrogen and oxygen atoms in total. The van der Waals surface area contributed by atoms with Gasteiger partial charge in [0.25, 0.3) is 0 Å². The monoisotopic (exact) mass is 339 g/mol. The molecule has 0 aromatic heterocycles. The van der Waals surface area contributed by atoms with Gasteiger partial charge in [-0.15, -0.1) is 0 Å². The fourth-order valence-corrected chi connectivity index (χ4v) is 3.00. The van der Waals surface area contributed by atoms with E-state index in [0.717, 1.165) is 22.4 Å². The molecule has 0 fully saturated rings. The predicted octanol–water partition coefficient (Wildman–Crippen LogP) is 3.11. The maximum atomic E-state index is 12.0. The van der Waals surface area contributed by atoms with Crippen LogP contribution >= 0.6 is 0 Å². The van der Waals surface area contributed by atoms with Crippen LogP contribution in [-0.4, -0.2) is 25.9 Å². The topological polar surface area (TPSA) is 49.7 Å². The third kappa shape index (κ3) is 3.18. The van der Waals surface area contributed by atoms with Gasteiger partial charge in [-0.3, -0.25) is 4.79 Å². The van der Waals surface area contributed by atoms with Gasteiger partial charge in [0.15, 0.2) is 17.2 Å². The van der Waals surface area contributed by atoms with Crippen LogP contribution in [0.2, 0.25) is 0 Å². The van der Waals surface area contributed by atoms with Crippen LogP contribution in [0.15, 0.2) is 47.4 Å². The molecule has 1 aliphatic carbocycles. The van der Waals surface area contributed by atoms with Crippen LogP contribution in [0.3, 0.4) is 0 Å². The Labute approximate surface area is 146 Å². The lowest BCUT2D eigenvalue weighted by Crippen LogP contribution is -2.10. The Bertz CT molecular complexity index is 930. The van der Waals surface area contributed by atoms with Crippen molar-refractivity contribution in [3.63, 3.8) is 0 Å². The number of fused-ring (bicyclic) bond motifs is 1. The number of aryl methyl sites for hydroxylation is 1. The van der Waals surface area contributed by atoms with Crippen molar-refractivity contribution in [2.45, 2.75) is 6.42 Å².